The Labute approximate surface area is 221 Å². The molecule has 2 saturated heterocycles. The van der Waals surface area contributed by atoms with Crippen LogP contribution in [0.15, 0.2) is 91.0 Å². The van der Waals surface area contributed by atoms with Gasteiger partial charge in [-0.25, -0.2) is 0 Å². The molecule has 2 heterocycles. The maximum atomic E-state index is 6.28. The van der Waals surface area contributed by atoms with E-state index in [1.165, 1.54) is 16.7 Å². The Kier molecular flexibility index (Phi) is 8.66. The van der Waals surface area contributed by atoms with Crippen LogP contribution in [0.5, 0.6) is 0 Å². The van der Waals surface area contributed by atoms with Gasteiger partial charge in [0.2, 0.25) is 0 Å². The van der Waals surface area contributed by atoms with Gasteiger partial charge in [0.25, 0.3) is 0 Å². The molecule has 2 bridgehead atoms. The molecule has 2 aliphatic rings. The maximum absolute atomic E-state index is 6.28. The van der Waals surface area contributed by atoms with Crippen LogP contribution in [-0.4, -0.2) is 74.4 Å². The molecule has 37 heavy (non-hydrogen) atoms. The zero-order valence-electron chi connectivity index (χ0n) is 21.9. The fourth-order valence-electron chi connectivity index (χ4n) is 6.23. The lowest BCUT2D eigenvalue weighted by molar-refractivity contribution is -0.191. The fraction of sp³-hybridized carbons (Fsp3) is 0.419. The van der Waals surface area contributed by atoms with Gasteiger partial charge in [-0.05, 0) is 23.7 Å². The molecule has 0 aliphatic carbocycles. The lowest BCUT2D eigenvalue weighted by Crippen LogP contribution is -2.67. The van der Waals surface area contributed by atoms with Crippen molar-refractivity contribution in [2.75, 3.05) is 59.7 Å². The third kappa shape index (κ3) is 6.12. The average Bonchev–Trinajstić information content (AvgIpc) is 2.92. The standard InChI is InChI=1S/C31H40N4O2/c1-33-22-31(25-37-20-19-36-18-17-32)23-34(21-26-11-5-2-6-12-26)30(28-15-9-4-10-16-28)35(24-31)29(33)27-13-7-3-8-14-27/h2-16,29-30H,17-25,32H2,1H3. The first-order valence-corrected chi connectivity index (χ1v) is 13.4. The van der Waals surface area contributed by atoms with Gasteiger partial charge >= 0.3 is 0 Å². The van der Waals surface area contributed by atoms with Crippen molar-refractivity contribution in [2.45, 2.75) is 18.9 Å². The second kappa shape index (κ2) is 12.3. The Morgan fingerprint density at radius 3 is 1.97 bits per heavy atom. The van der Waals surface area contributed by atoms with Crippen molar-refractivity contribution in [3.05, 3.63) is 108 Å². The molecule has 2 aliphatic heterocycles. The van der Waals surface area contributed by atoms with Gasteiger partial charge in [-0.3, -0.25) is 14.7 Å². The second-order valence-corrected chi connectivity index (χ2v) is 10.5. The first-order valence-electron chi connectivity index (χ1n) is 13.4. The van der Waals surface area contributed by atoms with Crippen molar-refractivity contribution in [3.8, 4) is 0 Å². The number of benzene rings is 3. The first kappa shape index (κ1) is 26.0. The summed E-state index contributed by atoms with van der Waals surface area (Å²) in [5.74, 6) is 0. The third-order valence-electron chi connectivity index (χ3n) is 7.50. The van der Waals surface area contributed by atoms with Crippen molar-refractivity contribution >= 4 is 0 Å². The summed E-state index contributed by atoms with van der Waals surface area (Å²) in [5.41, 5.74) is 9.55. The number of nitrogens with two attached hydrogens (primary N) is 1. The molecule has 0 spiro atoms. The van der Waals surface area contributed by atoms with E-state index in [1.54, 1.807) is 0 Å². The minimum Gasteiger partial charge on any atom is -0.378 e. The number of ether oxygens (including phenoxy) is 2. The second-order valence-electron chi connectivity index (χ2n) is 10.5. The van der Waals surface area contributed by atoms with Crippen LogP contribution in [-0.2, 0) is 16.0 Å². The summed E-state index contributed by atoms with van der Waals surface area (Å²) in [6, 6.07) is 32.7. The zero-order valence-corrected chi connectivity index (χ0v) is 21.9. The van der Waals surface area contributed by atoms with Crippen LogP contribution in [0.25, 0.3) is 0 Å². The van der Waals surface area contributed by atoms with Gasteiger partial charge in [-0.2, -0.15) is 0 Å². The van der Waals surface area contributed by atoms with Gasteiger partial charge in [0.1, 0.15) is 0 Å². The van der Waals surface area contributed by atoms with Crippen LogP contribution in [0.2, 0.25) is 0 Å². The fourth-order valence-corrected chi connectivity index (χ4v) is 6.23. The van der Waals surface area contributed by atoms with E-state index in [0.29, 0.717) is 33.0 Å². The minimum absolute atomic E-state index is 0.00599. The average molecular weight is 501 g/mol. The van der Waals surface area contributed by atoms with Crippen molar-refractivity contribution < 1.29 is 9.47 Å². The molecule has 6 heteroatoms. The van der Waals surface area contributed by atoms with E-state index in [-0.39, 0.29) is 17.7 Å². The van der Waals surface area contributed by atoms with E-state index in [0.717, 1.165) is 26.2 Å². The van der Waals surface area contributed by atoms with E-state index in [2.05, 4.69) is 113 Å². The molecule has 0 aromatic heterocycles. The van der Waals surface area contributed by atoms with Crippen LogP contribution in [0.3, 0.4) is 0 Å². The summed E-state index contributed by atoms with van der Waals surface area (Å²) in [6.45, 7) is 6.80. The summed E-state index contributed by atoms with van der Waals surface area (Å²) >= 11 is 0. The van der Waals surface area contributed by atoms with Crippen LogP contribution >= 0.6 is 0 Å². The largest absolute Gasteiger partial charge is 0.378 e. The number of rotatable bonds is 11. The van der Waals surface area contributed by atoms with Gasteiger partial charge in [-0.1, -0.05) is 91.0 Å². The van der Waals surface area contributed by atoms with Gasteiger partial charge in [0, 0.05) is 38.1 Å². The first-order chi connectivity index (χ1) is 18.2. The summed E-state index contributed by atoms with van der Waals surface area (Å²) in [4.78, 5) is 7.86. The normalized spacial score (nSPS) is 26.3. The van der Waals surface area contributed by atoms with Crippen LogP contribution in [0.4, 0.5) is 0 Å². The monoisotopic (exact) mass is 500 g/mol. The highest BCUT2D eigenvalue weighted by atomic mass is 16.5. The predicted octanol–water partition coefficient (Wildman–Crippen LogP) is 4.13. The quantitative estimate of drug-likeness (QED) is 0.400. The molecule has 4 atom stereocenters. The molecule has 5 rings (SSSR count). The maximum Gasteiger partial charge on any atom is 0.0904 e. The van der Waals surface area contributed by atoms with Crippen molar-refractivity contribution in [2.24, 2.45) is 11.1 Å². The molecule has 0 amide bonds. The smallest absolute Gasteiger partial charge is 0.0904 e. The molecular weight excluding hydrogens is 460 g/mol. The van der Waals surface area contributed by atoms with Crippen LogP contribution in [0.1, 0.15) is 29.0 Å². The van der Waals surface area contributed by atoms with Crippen molar-refractivity contribution in [3.63, 3.8) is 0 Å². The highest BCUT2D eigenvalue weighted by Gasteiger charge is 2.52. The summed E-state index contributed by atoms with van der Waals surface area (Å²) in [5, 5.41) is 0. The predicted molar refractivity (Wildman–Crippen MR) is 148 cm³/mol. The summed E-state index contributed by atoms with van der Waals surface area (Å²) < 4.78 is 11.8. The highest BCUT2D eigenvalue weighted by molar-refractivity contribution is 5.26. The minimum atomic E-state index is -0.00599. The number of hydrogen-bond acceptors (Lipinski definition) is 6. The lowest BCUT2D eigenvalue weighted by Gasteiger charge is -2.61. The molecule has 196 valence electrons. The SMILES string of the molecule is CN1CC2(COCCOCCN)CN(Cc3ccccc3)C(c3ccccc3)N(C2)C1c1ccccc1. The lowest BCUT2D eigenvalue weighted by atomic mass is 9.80. The molecule has 3 aromatic carbocycles. The summed E-state index contributed by atoms with van der Waals surface area (Å²) in [7, 11) is 2.26. The molecule has 0 radical (unpaired) electrons. The van der Waals surface area contributed by atoms with E-state index < -0.39 is 0 Å². The molecular formula is C31H40N4O2. The van der Waals surface area contributed by atoms with Crippen molar-refractivity contribution in [1.82, 2.24) is 14.7 Å². The Bertz CT molecular complexity index is 1080. The van der Waals surface area contributed by atoms with Gasteiger partial charge in [-0.15, -0.1) is 0 Å². The highest BCUT2D eigenvalue weighted by Crippen LogP contribution is 2.47. The Morgan fingerprint density at radius 2 is 1.32 bits per heavy atom. The Morgan fingerprint density at radius 1 is 0.730 bits per heavy atom. The van der Waals surface area contributed by atoms with Crippen LogP contribution < -0.4 is 5.73 Å². The Hall–Kier alpha value is -2.58. The molecule has 4 unspecified atom stereocenters. The summed E-state index contributed by atoms with van der Waals surface area (Å²) in [6.07, 6.45) is 0.348. The van der Waals surface area contributed by atoms with E-state index >= 15 is 0 Å². The molecule has 3 aromatic rings. The van der Waals surface area contributed by atoms with Gasteiger partial charge in [0.15, 0.2) is 0 Å². The van der Waals surface area contributed by atoms with E-state index in [4.69, 9.17) is 15.2 Å². The molecule has 2 fully saturated rings. The van der Waals surface area contributed by atoms with E-state index in [9.17, 15) is 0 Å². The zero-order chi connectivity index (χ0) is 25.5. The van der Waals surface area contributed by atoms with Gasteiger partial charge in [0.05, 0.1) is 38.8 Å². The van der Waals surface area contributed by atoms with Crippen LogP contribution in [0, 0.1) is 5.41 Å². The number of fused-ring (bicyclic) bond motifs is 2. The third-order valence-corrected chi connectivity index (χ3v) is 7.50. The Balaban J connectivity index is 1.48. The van der Waals surface area contributed by atoms with E-state index in [1.807, 2.05) is 0 Å². The number of nitrogens with zero attached hydrogens (tertiary/aromatic N) is 3. The van der Waals surface area contributed by atoms with Gasteiger partial charge < -0.3 is 15.2 Å². The number of hydrogen-bond donors (Lipinski definition) is 1. The topological polar surface area (TPSA) is 54.2 Å². The molecule has 0 saturated carbocycles. The van der Waals surface area contributed by atoms with Crippen molar-refractivity contribution in [1.29, 1.82) is 0 Å². The molecule has 6 nitrogen and oxygen atoms in total. The molecule has 2 N–H and O–H groups in total.